The first-order chi connectivity index (χ1) is 22.5. The number of benzene rings is 2. The molecule has 0 saturated heterocycles. The van der Waals surface area contributed by atoms with E-state index in [-0.39, 0.29) is 11.1 Å². The van der Waals surface area contributed by atoms with Crippen LogP contribution < -0.4 is 5.32 Å². The van der Waals surface area contributed by atoms with Gasteiger partial charge in [0.2, 0.25) is 5.91 Å². The SMILES string of the molecule is C=NOCC.CC.CCN(C(=O)CCSC(C1=CCCC=C1)(c1ccccc1)c1ccccc1)/C(=C/Nc1cccnc1)C(=N)Cl. The number of thioether (sulfide) groups is 1. The molecule has 0 unspecified atom stereocenters. The summed E-state index contributed by atoms with van der Waals surface area (Å²) in [6, 6.07) is 24.7. The monoisotopic (exact) mass is 659 g/mol. The maximum Gasteiger partial charge on any atom is 0.227 e. The zero-order valence-electron chi connectivity index (χ0n) is 27.3. The number of pyridine rings is 1. The molecule has 0 radical (unpaired) electrons. The normalized spacial score (nSPS) is 12.3. The number of carbonyl (C=O) groups excluding carboxylic acids is 1. The fourth-order valence-electron chi connectivity index (χ4n) is 4.83. The molecule has 3 aromatic rings. The summed E-state index contributed by atoms with van der Waals surface area (Å²) in [5.41, 5.74) is 4.68. The van der Waals surface area contributed by atoms with Crippen molar-refractivity contribution in [1.82, 2.24) is 9.88 Å². The lowest BCUT2D eigenvalue weighted by atomic mass is 9.81. The van der Waals surface area contributed by atoms with Gasteiger partial charge in [0.1, 0.15) is 11.8 Å². The van der Waals surface area contributed by atoms with E-state index in [0.29, 0.717) is 31.0 Å². The number of halogens is 1. The van der Waals surface area contributed by atoms with E-state index in [0.717, 1.165) is 18.5 Å². The van der Waals surface area contributed by atoms with Crippen molar-refractivity contribution >= 4 is 46.8 Å². The molecule has 244 valence electrons. The molecule has 1 amide bonds. The van der Waals surface area contributed by atoms with Crippen LogP contribution in [0.5, 0.6) is 0 Å². The van der Waals surface area contributed by atoms with Crippen molar-refractivity contribution in [3.05, 3.63) is 132 Å². The number of hydrogen-bond acceptors (Lipinski definition) is 7. The molecule has 46 heavy (non-hydrogen) atoms. The van der Waals surface area contributed by atoms with E-state index in [4.69, 9.17) is 17.0 Å². The predicted octanol–water partition coefficient (Wildman–Crippen LogP) is 9.41. The number of carbonyl (C=O) groups is 1. The largest absolute Gasteiger partial charge is 0.397 e. The van der Waals surface area contributed by atoms with Gasteiger partial charge in [-0.05, 0) is 55.5 Å². The maximum absolute atomic E-state index is 13.5. The van der Waals surface area contributed by atoms with Crippen molar-refractivity contribution < 1.29 is 9.63 Å². The van der Waals surface area contributed by atoms with E-state index in [2.05, 4.69) is 93.8 Å². The van der Waals surface area contributed by atoms with Gasteiger partial charge in [-0.2, -0.15) is 0 Å². The molecule has 9 heteroatoms. The van der Waals surface area contributed by atoms with E-state index in [9.17, 15) is 4.79 Å². The van der Waals surface area contributed by atoms with Gasteiger partial charge in [-0.25, -0.2) is 0 Å². The van der Waals surface area contributed by atoms with Crippen LogP contribution in [0.1, 0.15) is 58.1 Å². The smallest absolute Gasteiger partial charge is 0.227 e. The molecule has 0 fully saturated rings. The second-order valence-electron chi connectivity index (χ2n) is 9.57. The molecule has 4 rings (SSSR count). The van der Waals surface area contributed by atoms with Crippen LogP contribution in [0, 0.1) is 5.41 Å². The number of hydrogen-bond donors (Lipinski definition) is 2. The summed E-state index contributed by atoms with van der Waals surface area (Å²) in [4.78, 5) is 23.5. The molecule has 2 aromatic carbocycles. The molecule has 0 spiro atoms. The Balaban J connectivity index is 0.000000959. The van der Waals surface area contributed by atoms with Crippen LogP contribution in [0.25, 0.3) is 0 Å². The molecule has 1 aromatic heterocycles. The average molecular weight is 660 g/mol. The third-order valence-corrected chi connectivity index (χ3v) is 8.53. The minimum absolute atomic E-state index is 0.0853. The second-order valence-corrected chi connectivity index (χ2v) is 11.3. The Labute approximate surface area is 284 Å². The van der Waals surface area contributed by atoms with E-state index in [1.165, 1.54) is 16.7 Å². The minimum atomic E-state index is -0.448. The minimum Gasteiger partial charge on any atom is -0.397 e. The molecule has 2 N–H and O–H groups in total. The first-order valence-corrected chi connectivity index (χ1v) is 17.0. The van der Waals surface area contributed by atoms with E-state index in [1.54, 1.807) is 35.3 Å². The summed E-state index contributed by atoms with van der Waals surface area (Å²) in [5, 5.41) is 14.1. The summed E-state index contributed by atoms with van der Waals surface area (Å²) in [7, 11) is 0. The lowest BCUT2D eigenvalue weighted by molar-refractivity contribution is -0.128. The van der Waals surface area contributed by atoms with Crippen LogP contribution in [0.2, 0.25) is 0 Å². The Morgan fingerprint density at radius 3 is 2.20 bits per heavy atom. The van der Waals surface area contributed by atoms with E-state index >= 15 is 0 Å². The highest BCUT2D eigenvalue weighted by Crippen LogP contribution is 2.50. The number of rotatable bonds is 14. The van der Waals surface area contributed by atoms with Gasteiger partial charge >= 0.3 is 0 Å². The molecule has 0 saturated carbocycles. The summed E-state index contributed by atoms with van der Waals surface area (Å²) in [6.07, 6.45) is 14.1. The number of oxime groups is 1. The van der Waals surface area contributed by atoms with Gasteiger partial charge in [0, 0.05) is 37.8 Å². The van der Waals surface area contributed by atoms with Crippen molar-refractivity contribution in [2.24, 2.45) is 5.16 Å². The van der Waals surface area contributed by atoms with Crippen LogP contribution in [0.15, 0.2) is 126 Å². The van der Waals surface area contributed by atoms with Crippen LogP contribution in [0.4, 0.5) is 5.69 Å². The van der Waals surface area contributed by atoms with Crippen molar-refractivity contribution in [3.63, 3.8) is 0 Å². The standard InChI is InChI=1S/C32H33ClN4OS.C3H7NO.C2H6/c1-2-37(29(31(33)34)24-36-28-19-12-21-35-23-28)30(38)20-22-39-32(25-13-6-3-7-14-25,26-15-8-4-9-16-26)27-17-10-5-11-18-27;1-3-5-4-2;1-2/h3-4,6-10,12-19,21,23-24,34,36H,2,5,11,20,22H2,1H3;2-3H2,1H3;1-2H3/b29-24+,34-31?;;. The van der Waals surface area contributed by atoms with Crippen LogP contribution in [-0.2, 0) is 14.4 Å². The van der Waals surface area contributed by atoms with E-state index in [1.807, 2.05) is 52.0 Å². The van der Waals surface area contributed by atoms with Gasteiger partial charge < -0.3 is 15.1 Å². The first kappa shape index (κ1) is 38.0. The average Bonchev–Trinajstić information content (AvgIpc) is 3.11. The zero-order valence-corrected chi connectivity index (χ0v) is 28.9. The highest BCUT2D eigenvalue weighted by Gasteiger charge is 2.38. The molecular formula is C37H46ClN5O2S. The van der Waals surface area contributed by atoms with Crippen LogP contribution >= 0.6 is 23.4 Å². The van der Waals surface area contributed by atoms with E-state index < -0.39 is 4.75 Å². The lowest BCUT2D eigenvalue weighted by Gasteiger charge is -2.37. The Hall–Kier alpha value is -4.14. The second kappa shape index (κ2) is 21.6. The number of nitrogens with zero attached hydrogens (tertiary/aromatic N) is 3. The number of aromatic nitrogens is 1. The highest BCUT2D eigenvalue weighted by atomic mass is 35.5. The van der Waals surface area contributed by atoms with Crippen molar-refractivity contribution in [2.45, 2.75) is 51.7 Å². The Kier molecular flexibility index (Phi) is 17.8. The summed E-state index contributed by atoms with van der Waals surface area (Å²) in [5.74, 6) is 0.501. The topological polar surface area (TPSA) is 90.7 Å². The highest BCUT2D eigenvalue weighted by molar-refractivity contribution is 8.00. The number of amides is 1. The molecule has 0 aliphatic heterocycles. The molecular weight excluding hydrogens is 614 g/mol. The Morgan fingerprint density at radius 1 is 1.09 bits per heavy atom. The number of nitrogens with one attached hydrogen (secondary N) is 2. The fraction of sp³-hybridized carbons (Fsp3) is 0.297. The maximum atomic E-state index is 13.5. The van der Waals surface area contributed by atoms with Gasteiger partial charge in [0.05, 0.1) is 22.3 Å². The van der Waals surface area contributed by atoms with Crippen molar-refractivity contribution in [1.29, 1.82) is 5.41 Å². The summed E-state index contributed by atoms with van der Waals surface area (Å²) in [6.45, 7) is 11.8. The van der Waals surface area contributed by atoms with Crippen LogP contribution in [-0.4, -0.2) is 46.6 Å². The zero-order chi connectivity index (χ0) is 33.6. The molecule has 1 aliphatic rings. The van der Waals surface area contributed by atoms with Gasteiger partial charge in [0.25, 0.3) is 0 Å². The molecule has 1 aliphatic carbocycles. The molecule has 0 bridgehead atoms. The van der Waals surface area contributed by atoms with Crippen molar-refractivity contribution in [2.75, 3.05) is 24.2 Å². The summed E-state index contributed by atoms with van der Waals surface area (Å²) >= 11 is 7.91. The summed E-state index contributed by atoms with van der Waals surface area (Å²) < 4.78 is -0.448. The third kappa shape index (κ3) is 11.0. The van der Waals surface area contributed by atoms with Gasteiger partial charge in [-0.3, -0.25) is 15.2 Å². The third-order valence-electron chi connectivity index (χ3n) is 6.79. The lowest BCUT2D eigenvalue weighted by Crippen LogP contribution is -2.34. The number of allylic oxidation sites excluding steroid dienone is 4. The van der Waals surface area contributed by atoms with Gasteiger partial charge in [-0.1, -0.05) is 104 Å². The Morgan fingerprint density at radius 2 is 1.74 bits per heavy atom. The molecule has 0 atom stereocenters. The Bertz CT molecular complexity index is 1390. The number of anilines is 1. The predicted molar refractivity (Wildman–Crippen MR) is 197 cm³/mol. The molecule has 1 heterocycles. The van der Waals surface area contributed by atoms with Gasteiger partial charge in [0.15, 0.2) is 0 Å². The first-order valence-electron chi connectivity index (χ1n) is 15.6. The van der Waals surface area contributed by atoms with Gasteiger partial charge in [-0.15, -0.1) is 16.9 Å². The quantitative estimate of drug-likeness (QED) is 0.133. The fourth-order valence-corrected chi connectivity index (χ4v) is 6.49. The molecule has 7 nitrogen and oxygen atoms in total. The van der Waals surface area contributed by atoms with Crippen molar-refractivity contribution in [3.8, 4) is 0 Å². The van der Waals surface area contributed by atoms with Crippen LogP contribution in [0.3, 0.4) is 0 Å².